The molecule has 0 amide bonds. The molecule has 0 aromatic carbocycles. The van der Waals surface area contributed by atoms with Gasteiger partial charge in [-0.05, 0) is 6.92 Å². The van der Waals surface area contributed by atoms with Gasteiger partial charge >= 0.3 is 0 Å². The van der Waals surface area contributed by atoms with Gasteiger partial charge in [0.25, 0.3) is 0 Å². The van der Waals surface area contributed by atoms with E-state index in [-0.39, 0.29) is 0 Å². The van der Waals surface area contributed by atoms with Crippen LogP contribution in [0.25, 0.3) is 0 Å². The molecule has 1 heterocycles. The number of hydrogen-bond acceptors (Lipinski definition) is 2. The molecule has 0 aliphatic rings. The molecule has 2 nitrogen and oxygen atoms in total. The molecule has 7 heavy (non-hydrogen) atoms. The summed E-state index contributed by atoms with van der Waals surface area (Å²) >= 11 is 1.45. The molecule has 3 heteroatoms. The number of rotatable bonds is 0. The van der Waals surface area contributed by atoms with Gasteiger partial charge in [0.2, 0.25) is 5.51 Å². The van der Waals surface area contributed by atoms with Crippen LogP contribution in [0.2, 0.25) is 0 Å². The van der Waals surface area contributed by atoms with Gasteiger partial charge in [-0.3, -0.25) is 0 Å². The van der Waals surface area contributed by atoms with Crippen LogP contribution in [-0.2, 0) is 0 Å². The lowest BCUT2D eigenvalue weighted by molar-refractivity contribution is -0.600. The van der Waals surface area contributed by atoms with E-state index in [1.165, 1.54) is 16.8 Å². The number of aryl methyl sites for hydroxylation is 1. The van der Waals surface area contributed by atoms with E-state index in [9.17, 15) is 5.21 Å². The highest BCUT2D eigenvalue weighted by Gasteiger charge is 1.89. The van der Waals surface area contributed by atoms with Gasteiger partial charge in [0, 0.05) is 0 Å². The molecule has 0 unspecified atom stereocenters. The minimum atomic E-state index is 0.806. The van der Waals surface area contributed by atoms with Crippen molar-refractivity contribution in [2.75, 3.05) is 0 Å². The van der Waals surface area contributed by atoms with Crippen molar-refractivity contribution >= 4 is 11.3 Å². The van der Waals surface area contributed by atoms with Gasteiger partial charge in [-0.25, -0.2) is 0 Å². The van der Waals surface area contributed by atoms with Gasteiger partial charge in [-0.1, -0.05) is 11.3 Å². The summed E-state index contributed by atoms with van der Waals surface area (Å²) in [5.41, 5.74) is 1.52. The van der Waals surface area contributed by atoms with Gasteiger partial charge in [0.15, 0.2) is 6.20 Å². The predicted octanol–water partition coefficient (Wildman–Crippen LogP) is 0.690. The van der Waals surface area contributed by atoms with Crippen molar-refractivity contribution in [3.8, 4) is 0 Å². The summed E-state index contributed by atoms with van der Waals surface area (Å²) in [6, 6.07) is 0. The predicted molar refractivity (Wildman–Crippen MR) is 28.0 cm³/mol. The molecule has 0 saturated carbocycles. The van der Waals surface area contributed by atoms with Crippen LogP contribution >= 0.6 is 11.3 Å². The van der Waals surface area contributed by atoms with Crippen molar-refractivity contribution < 1.29 is 4.73 Å². The second kappa shape index (κ2) is 1.50. The van der Waals surface area contributed by atoms with Crippen LogP contribution in [-0.4, -0.2) is 0 Å². The molecular weight excluding hydrogens is 110 g/mol. The smallest absolute Gasteiger partial charge is 0.236 e. The first-order chi connectivity index (χ1) is 3.29. The highest BCUT2D eigenvalue weighted by Crippen LogP contribution is 1.98. The molecule has 0 bridgehead atoms. The van der Waals surface area contributed by atoms with Crippen LogP contribution in [0.3, 0.4) is 0 Å². The van der Waals surface area contributed by atoms with Gasteiger partial charge in [-0.2, -0.15) is 4.73 Å². The van der Waals surface area contributed by atoms with Crippen molar-refractivity contribution in [3.05, 3.63) is 21.8 Å². The van der Waals surface area contributed by atoms with Crippen LogP contribution in [0.15, 0.2) is 11.7 Å². The van der Waals surface area contributed by atoms with Crippen molar-refractivity contribution in [2.24, 2.45) is 0 Å². The molecule has 0 fully saturated rings. The van der Waals surface area contributed by atoms with Gasteiger partial charge in [-0.15, -0.1) is 0 Å². The fraction of sp³-hybridized carbons (Fsp3) is 0.250. The first-order valence-electron chi connectivity index (χ1n) is 1.93. The third-order valence-electron chi connectivity index (χ3n) is 0.652. The Morgan fingerprint density at radius 2 is 2.57 bits per heavy atom. The highest BCUT2D eigenvalue weighted by atomic mass is 32.1. The maximum absolute atomic E-state index is 10.2. The largest absolute Gasteiger partial charge is 0.618 e. The quantitative estimate of drug-likeness (QED) is 0.361. The molecule has 1 aromatic rings. The SMILES string of the molecule is Cc1c[n+]([O-])cs1. The Kier molecular flexibility index (Phi) is 0.982. The van der Waals surface area contributed by atoms with E-state index in [1.807, 2.05) is 6.92 Å². The maximum atomic E-state index is 10.2. The van der Waals surface area contributed by atoms with E-state index < -0.39 is 0 Å². The lowest BCUT2D eigenvalue weighted by Crippen LogP contribution is -2.19. The van der Waals surface area contributed by atoms with Crippen LogP contribution < -0.4 is 4.73 Å². The highest BCUT2D eigenvalue weighted by molar-refractivity contribution is 7.09. The fourth-order valence-corrected chi connectivity index (χ4v) is 0.871. The fourth-order valence-electron chi connectivity index (χ4n) is 0.375. The Hall–Kier alpha value is -0.570. The topological polar surface area (TPSA) is 26.9 Å². The zero-order valence-electron chi connectivity index (χ0n) is 3.92. The standard InChI is InChI=1S/C4H5NOS/c1-4-2-5(6)3-7-4/h2-3H,1H3. The molecule has 0 aliphatic heterocycles. The summed E-state index contributed by atoms with van der Waals surface area (Å²) in [4.78, 5) is 1.05. The molecule has 0 aliphatic carbocycles. The molecule has 1 aromatic heterocycles. The summed E-state index contributed by atoms with van der Waals surface area (Å²) in [5, 5.41) is 10.2. The van der Waals surface area contributed by atoms with Crippen molar-refractivity contribution in [3.63, 3.8) is 0 Å². The van der Waals surface area contributed by atoms with E-state index in [1.54, 1.807) is 6.20 Å². The summed E-state index contributed by atoms with van der Waals surface area (Å²) in [7, 11) is 0. The van der Waals surface area contributed by atoms with E-state index in [4.69, 9.17) is 0 Å². The Morgan fingerprint density at radius 3 is 2.71 bits per heavy atom. The first-order valence-corrected chi connectivity index (χ1v) is 2.81. The lowest BCUT2D eigenvalue weighted by atomic mass is 10.7. The summed E-state index contributed by atoms with van der Waals surface area (Å²) in [5.74, 6) is 0. The molecule has 0 atom stereocenters. The lowest BCUT2D eigenvalue weighted by Gasteiger charge is -1.80. The van der Waals surface area contributed by atoms with Crippen LogP contribution in [0.1, 0.15) is 4.88 Å². The van der Waals surface area contributed by atoms with Crippen LogP contribution in [0.5, 0.6) is 0 Å². The zero-order chi connectivity index (χ0) is 5.28. The van der Waals surface area contributed by atoms with Crippen molar-refractivity contribution in [2.45, 2.75) is 6.92 Å². The molecule has 38 valence electrons. The molecule has 0 spiro atoms. The average molecular weight is 115 g/mol. The minimum absolute atomic E-state index is 0.806. The summed E-state index contributed by atoms with van der Waals surface area (Å²) < 4.78 is 0.806. The maximum Gasteiger partial charge on any atom is 0.236 e. The van der Waals surface area contributed by atoms with Crippen molar-refractivity contribution in [1.29, 1.82) is 0 Å². The van der Waals surface area contributed by atoms with E-state index in [0.717, 1.165) is 9.61 Å². The third kappa shape index (κ3) is 0.899. The van der Waals surface area contributed by atoms with E-state index in [2.05, 4.69) is 0 Å². The first kappa shape index (κ1) is 4.59. The molecule has 0 radical (unpaired) electrons. The number of hydrogen-bond donors (Lipinski definition) is 0. The minimum Gasteiger partial charge on any atom is -0.618 e. The second-order valence-electron chi connectivity index (χ2n) is 1.32. The number of thiazole rings is 1. The molecule has 0 saturated heterocycles. The Labute approximate surface area is 45.6 Å². The zero-order valence-corrected chi connectivity index (χ0v) is 4.73. The molecule has 0 N–H and O–H groups in total. The Bertz CT molecular complexity index is 144. The van der Waals surface area contributed by atoms with Gasteiger partial charge in [0.05, 0.1) is 4.88 Å². The monoisotopic (exact) mass is 115 g/mol. The third-order valence-corrected chi connectivity index (χ3v) is 1.44. The van der Waals surface area contributed by atoms with Crippen LogP contribution in [0, 0.1) is 12.1 Å². The van der Waals surface area contributed by atoms with Gasteiger partial charge < -0.3 is 5.21 Å². The summed E-state index contributed by atoms with van der Waals surface area (Å²) in [6.07, 6.45) is 1.55. The number of aromatic nitrogens is 1. The van der Waals surface area contributed by atoms with Crippen LogP contribution in [0.4, 0.5) is 0 Å². The van der Waals surface area contributed by atoms with Crippen molar-refractivity contribution in [1.82, 2.24) is 0 Å². The second-order valence-corrected chi connectivity index (χ2v) is 2.41. The van der Waals surface area contributed by atoms with E-state index in [0.29, 0.717) is 0 Å². The molecule has 1 rings (SSSR count). The number of nitrogens with zero attached hydrogens (tertiary/aromatic N) is 1. The molecular formula is C4H5NOS. The Balaban J connectivity index is 3.04. The summed E-state index contributed by atoms with van der Waals surface area (Å²) in [6.45, 7) is 1.90. The Morgan fingerprint density at radius 1 is 1.86 bits per heavy atom. The average Bonchev–Trinajstić information content (AvgIpc) is 1.87. The van der Waals surface area contributed by atoms with E-state index >= 15 is 0 Å². The van der Waals surface area contributed by atoms with Gasteiger partial charge in [0.1, 0.15) is 0 Å². The normalized spacial score (nSPS) is 9.29.